The molecular formula is C11H13FN4. The molecule has 0 spiro atoms. The predicted octanol–water partition coefficient (Wildman–Crippen LogP) is 1.59. The van der Waals surface area contributed by atoms with Crippen molar-refractivity contribution in [2.45, 2.75) is 25.9 Å². The van der Waals surface area contributed by atoms with E-state index in [1.54, 1.807) is 18.0 Å². The quantitative estimate of drug-likeness (QED) is 0.721. The maximum absolute atomic E-state index is 13.2. The van der Waals surface area contributed by atoms with Crippen molar-refractivity contribution in [3.05, 3.63) is 17.5 Å². The second-order valence-electron chi connectivity index (χ2n) is 4.00. The standard InChI is InChI=1S/C11H13FN4/c1-8-6-14-11(15-10(8)5-13)16-4-2-3-9(12)7-16/h6,9H,2-4,7H2,1H3. The average molecular weight is 220 g/mol. The minimum atomic E-state index is -0.816. The molecule has 1 fully saturated rings. The Balaban J connectivity index is 2.24. The molecule has 1 aliphatic heterocycles. The molecule has 4 nitrogen and oxygen atoms in total. The fourth-order valence-corrected chi connectivity index (χ4v) is 1.81. The van der Waals surface area contributed by atoms with Crippen molar-refractivity contribution in [2.24, 2.45) is 0 Å². The van der Waals surface area contributed by atoms with Crippen LogP contribution >= 0.6 is 0 Å². The molecule has 2 heterocycles. The zero-order chi connectivity index (χ0) is 11.5. The zero-order valence-electron chi connectivity index (χ0n) is 9.15. The van der Waals surface area contributed by atoms with Gasteiger partial charge in [-0.3, -0.25) is 0 Å². The largest absolute Gasteiger partial charge is 0.338 e. The van der Waals surface area contributed by atoms with Crippen LogP contribution in [0.3, 0.4) is 0 Å². The Kier molecular flexibility index (Phi) is 3.00. The summed E-state index contributed by atoms with van der Waals surface area (Å²) in [4.78, 5) is 10.1. The fourth-order valence-electron chi connectivity index (χ4n) is 1.81. The van der Waals surface area contributed by atoms with E-state index in [0.29, 0.717) is 24.6 Å². The van der Waals surface area contributed by atoms with E-state index < -0.39 is 6.17 Å². The zero-order valence-corrected chi connectivity index (χ0v) is 9.15. The summed E-state index contributed by atoms with van der Waals surface area (Å²) < 4.78 is 13.2. The van der Waals surface area contributed by atoms with Gasteiger partial charge in [-0.2, -0.15) is 5.26 Å². The van der Waals surface area contributed by atoms with E-state index >= 15 is 0 Å². The summed E-state index contributed by atoms with van der Waals surface area (Å²) in [5, 5.41) is 8.86. The molecule has 16 heavy (non-hydrogen) atoms. The highest BCUT2D eigenvalue weighted by Crippen LogP contribution is 2.18. The monoisotopic (exact) mass is 220 g/mol. The summed E-state index contributed by atoms with van der Waals surface area (Å²) in [6.45, 7) is 2.87. The molecule has 0 saturated carbocycles. The van der Waals surface area contributed by atoms with Gasteiger partial charge >= 0.3 is 0 Å². The van der Waals surface area contributed by atoms with E-state index in [2.05, 4.69) is 9.97 Å². The number of aromatic nitrogens is 2. The number of anilines is 1. The molecule has 1 saturated heterocycles. The van der Waals surface area contributed by atoms with Crippen LogP contribution in [0, 0.1) is 18.3 Å². The summed E-state index contributed by atoms with van der Waals surface area (Å²) in [6.07, 6.45) is 2.21. The van der Waals surface area contributed by atoms with E-state index in [-0.39, 0.29) is 0 Å². The highest BCUT2D eigenvalue weighted by molar-refractivity contribution is 5.38. The van der Waals surface area contributed by atoms with Crippen molar-refractivity contribution in [1.29, 1.82) is 5.26 Å². The lowest BCUT2D eigenvalue weighted by molar-refractivity contribution is 0.285. The second kappa shape index (κ2) is 4.44. The Hall–Kier alpha value is -1.70. The van der Waals surface area contributed by atoms with Crippen molar-refractivity contribution >= 4 is 5.95 Å². The van der Waals surface area contributed by atoms with Crippen LogP contribution in [0.15, 0.2) is 6.20 Å². The number of hydrogen-bond acceptors (Lipinski definition) is 4. The molecule has 0 radical (unpaired) electrons. The molecule has 1 unspecified atom stereocenters. The smallest absolute Gasteiger partial charge is 0.226 e. The third-order valence-electron chi connectivity index (χ3n) is 2.71. The molecular weight excluding hydrogens is 207 g/mol. The van der Waals surface area contributed by atoms with E-state index in [1.807, 2.05) is 6.07 Å². The minimum absolute atomic E-state index is 0.327. The molecule has 0 amide bonds. The topological polar surface area (TPSA) is 52.8 Å². The first-order valence-electron chi connectivity index (χ1n) is 5.33. The van der Waals surface area contributed by atoms with Crippen LogP contribution < -0.4 is 4.90 Å². The van der Waals surface area contributed by atoms with E-state index in [9.17, 15) is 4.39 Å². The summed E-state index contributed by atoms with van der Waals surface area (Å²) in [6, 6.07) is 2.01. The first-order chi connectivity index (χ1) is 7.70. The van der Waals surface area contributed by atoms with Gasteiger partial charge in [0.05, 0.1) is 6.54 Å². The van der Waals surface area contributed by atoms with Crippen LogP contribution in [0.5, 0.6) is 0 Å². The van der Waals surface area contributed by atoms with Crippen molar-refractivity contribution in [2.75, 3.05) is 18.0 Å². The number of alkyl halides is 1. The number of piperidine rings is 1. The first-order valence-corrected chi connectivity index (χ1v) is 5.33. The molecule has 2 rings (SSSR count). The van der Waals surface area contributed by atoms with Crippen LogP contribution in [0.2, 0.25) is 0 Å². The molecule has 5 heteroatoms. The van der Waals surface area contributed by atoms with Crippen molar-refractivity contribution in [1.82, 2.24) is 9.97 Å². The third-order valence-corrected chi connectivity index (χ3v) is 2.71. The number of rotatable bonds is 1. The van der Waals surface area contributed by atoms with Crippen LogP contribution in [-0.2, 0) is 0 Å². The Bertz CT molecular complexity index is 426. The maximum Gasteiger partial charge on any atom is 0.226 e. The molecule has 0 aromatic carbocycles. The lowest BCUT2D eigenvalue weighted by atomic mass is 10.1. The van der Waals surface area contributed by atoms with Crippen molar-refractivity contribution in [3.63, 3.8) is 0 Å². The van der Waals surface area contributed by atoms with Crippen molar-refractivity contribution < 1.29 is 4.39 Å². The van der Waals surface area contributed by atoms with Gasteiger partial charge in [0, 0.05) is 18.3 Å². The van der Waals surface area contributed by atoms with Gasteiger partial charge in [-0.1, -0.05) is 0 Å². The van der Waals surface area contributed by atoms with Gasteiger partial charge in [-0.25, -0.2) is 14.4 Å². The molecule has 84 valence electrons. The number of halogens is 1. The number of nitriles is 1. The summed E-state index contributed by atoms with van der Waals surface area (Å²) in [5.74, 6) is 0.463. The number of hydrogen-bond donors (Lipinski definition) is 0. The Morgan fingerprint density at radius 1 is 1.62 bits per heavy atom. The van der Waals surface area contributed by atoms with Crippen LogP contribution in [-0.4, -0.2) is 29.2 Å². The van der Waals surface area contributed by atoms with Gasteiger partial charge in [0.15, 0.2) is 0 Å². The SMILES string of the molecule is Cc1cnc(N2CCCC(F)C2)nc1C#N. The average Bonchev–Trinajstić information content (AvgIpc) is 2.29. The predicted molar refractivity (Wildman–Crippen MR) is 57.8 cm³/mol. The van der Waals surface area contributed by atoms with Crippen LogP contribution in [0.25, 0.3) is 0 Å². The Morgan fingerprint density at radius 3 is 3.12 bits per heavy atom. The lowest BCUT2D eigenvalue weighted by Crippen LogP contribution is -2.37. The summed E-state index contributed by atoms with van der Waals surface area (Å²) in [5.41, 5.74) is 1.12. The normalized spacial score (nSPS) is 20.6. The number of nitrogens with zero attached hydrogens (tertiary/aromatic N) is 4. The molecule has 1 aliphatic rings. The first kappa shape index (κ1) is 10.8. The van der Waals surface area contributed by atoms with Crippen molar-refractivity contribution in [3.8, 4) is 6.07 Å². The second-order valence-corrected chi connectivity index (χ2v) is 4.00. The third kappa shape index (κ3) is 2.11. The minimum Gasteiger partial charge on any atom is -0.338 e. The Morgan fingerprint density at radius 2 is 2.44 bits per heavy atom. The van der Waals surface area contributed by atoms with Gasteiger partial charge in [0.1, 0.15) is 17.9 Å². The molecule has 1 aromatic rings. The summed E-state index contributed by atoms with van der Waals surface area (Å²) in [7, 11) is 0. The van der Waals surface area contributed by atoms with E-state index in [4.69, 9.17) is 5.26 Å². The molecule has 1 atom stereocenters. The molecule has 1 aromatic heterocycles. The molecule has 0 aliphatic carbocycles. The fraction of sp³-hybridized carbons (Fsp3) is 0.545. The van der Waals surface area contributed by atoms with Gasteiger partial charge in [-0.15, -0.1) is 0 Å². The van der Waals surface area contributed by atoms with Crippen LogP contribution in [0.4, 0.5) is 10.3 Å². The van der Waals surface area contributed by atoms with E-state index in [0.717, 1.165) is 18.5 Å². The maximum atomic E-state index is 13.2. The molecule has 0 N–H and O–H groups in total. The van der Waals surface area contributed by atoms with Gasteiger partial charge in [0.25, 0.3) is 0 Å². The van der Waals surface area contributed by atoms with Crippen LogP contribution in [0.1, 0.15) is 24.1 Å². The number of aryl methyl sites for hydroxylation is 1. The lowest BCUT2D eigenvalue weighted by Gasteiger charge is -2.28. The van der Waals surface area contributed by atoms with Gasteiger partial charge in [0.2, 0.25) is 5.95 Å². The summed E-state index contributed by atoms with van der Waals surface area (Å²) >= 11 is 0. The molecule has 0 bridgehead atoms. The van der Waals surface area contributed by atoms with Gasteiger partial charge in [-0.05, 0) is 19.8 Å². The Labute approximate surface area is 93.7 Å². The highest BCUT2D eigenvalue weighted by Gasteiger charge is 2.21. The van der Waals surface area contributed by atoms with E-state index in [1.165, 1.54) is 0 Å². The van der Waals surface area contributed by atoms with Gasteiger partial charge < -0.3 is 4.90 Å². The highest BCUT2D eigenvalue weighted by atomic mass is 19.1.